The third kappa shape index (κ3) is 4.72. The Morgan fingerprint density at radius 3 is 2.54 bits per heavy atom. The molecule has 5 heteroatoms. The first-order chi connectivity index (χ1) is 6.15. The van der Waals surface area contributed by atoms with Crippen LogP contribution in [0.2, 0.25) is 0 Å². The number of hydrogen-bond donors (Lipinski definition) is 1. The SMILES string of the molecule is CCC[C@H](NC(=O)CCl)C(=O)OC. The second-order valence-electron chi connectivity index (χ2n) is 2.57. The van der Waals surface area contributed by atoms with Crippen molar-refractivity contribution >= 4 is 23.5 Å². The van der Waals surface area contributed by atoms with Crippen LogP contribution < -0.4 is 5.32 Å². The van der Waals surface area contributed by atoms with Crippen LogP contribution in [-0.2, 0) is 14.3 Å². The van der Waals surface area contributed by atoms with Crippen molar-refractivity contribution in [1.82, 2.24) is 5.32 Å². The highest BCUT2D eigenvalue weighted by atomic mass is 35.5. The quantitative estimate of drug-likeness (QED) is 0.533. The van der Waals surface area contributed by atoms with Crippen LogP contribution >= 0.6 is 11.6 Å². The Balaban J connectivity index is 4.08. The van der Waals surface area contributed by atoms with Crippen LogP contribution in [0.3, 0.4) is 0 Å². The highest BCUT2D eigenvalue weighted by molar-refractivity contribution is 6.27. The molecule has 76 valence electrons. The molecule has 0 aliphatic carbocycles. The summed E-state index contributed by atoms with van der Waals surface area (Å²) in [6.07, 6.45) is 1.36. The van der Waals surface area contributed by atoms with Gasteiger partial charge in [-0.15, -0.1) is 11.6 Å². The van der Waals surface area contributed by atoms with E-state index in [2.05, 4.69) is 10.1 Å². The van der Waals surface area contributed by atoms with Crippen molar-refractivity contribution in [3.63, 3.8) is 0 Å². The molecule has 1 N–H and O–H groups in total. The number of esters is 1. The normalized spacial score (nSPS) is 11.9. The first-order valence-corrected chi connectivity index (χ1v) is 4.62. The third-order valence-corrected chi connectivity index (χ3v) is 1.76. The number of halogens is 1. The highest BCUT2D eigenvalue weighted by Crippen LogP contribution is 1.98. The molecule has 1 amide bonds. The van der Waals surface area contributed by atoms with Crippen molar-refractivity contribution in [3.05, 3.63) is 0 Å². The summed E-state index contributed by atoms with van der Waals surface area (Å²) in [6.45, 7) is 1.92. The van der Waals surface area contributed by atoms with Gasteiger partial charge in [-0.25, -0.2) is 4.79 Å². The zero-order valence-electron chi connectivity index (χ0n) is 7.80. The zero-order valence-corrected chi connectivity index (χ0v) is 8.56. The molecule has 0 aromatic rings. The smallest absolute Gasteiger partial charge is 0.328 e. The van der Waals surface area contributed by atoms with Crippen molar-refractivity contribution in [2.24, 2.45) is 0 Å². The standard InChI is InChI=1S/C8H14ClNO3/c1-3-4-6(8(12)13-2)10-7(11)5-9/h6H,3-5H2,1-2H3,(H,10,11)/t6-/m0/s1. The van der Waals surface area contributed by atoms with Gasteiger partial charge in [0.15, 0.2) is 0 Å². The molecule has 0 saturated heterocycles. The predicted molar refractivity (Wildman–Crippen MR) is 49.6 cm³/mol. The average Bonchev–Trinajstić information content (AvgIpc) is 2.15. The van der Waals surface area contributed by atoms with Crippen LogP contribution in [-0.4, -0.2) is 30.9 Å². The number of carbonyl (C=O) groups is 2. The lowest BCUT2D eigenvalue weighted by Crippen LogP contribution is -2.41. The van der Waals surface area contributed by atoms with E-state index >= 15 is 0 Å². The molecule has 0 bridgehead atoms. The number of hydrogen-bond acceptors (Lipinski definition) is 3. The molecule has 0 heterocycles. The Hall–Kier alpha value is -0.770. The predicted octanol–water partition coefficient (Wildman–Crippen LogP) is 0.683. The lowest BCUT2D eigenvalue weighted by Gasteiger charge is -2.14. The van der Waals surface area contributed by atoms with E-state index in [0.717, 1.165) is 6.42 Å². The van der Waals surface area contributed by atoms with E-state index in [9.17, 15) is 9.59 Å². The van der Waals surface area contributed by atoms with E-state index < -0.39 is 12.0 Å². The van der Waals surface area contributed by atoms with Gasteiger partial charge in [0.2, 0.25) is 5.91 Å². The number of rotatable bonds is 5. The molecule has 0 fully saturated rings. The van der Waals surface area contributed by atoms with Gasteiger partial charge in [0, 0.05) is 0 Å². The summed E-state index contributed by atoms with van der Waals surface area (Å²) >= 11 is 5.28. The molecule has 1 atom stereocenters. The number of carbonyl (C=O) groups excluding carboxylic acids is 2. The Morgan fingerprint density at radius 2 is 2.15 bits per heavy atom. The molecule has 0 spiro atoms. The van der Waals surface area contributed by atoms with E-state index in [0.29, 0.717) is 6.42 Å². The van der Waals surface area contributed by atoms with E-state index in [1.165, 1.54) is 7.11 Å². The molecule has 0 aliphatic heterocycles. The van der Waals surface area contributed by atoms with Crippen LogP contribution in [0.4, 0.5) is 0 Å². The number of ether oxygens (including phenoxy) is 1. The molecule has 4 nitrogen and oxygen atoms in total. The van der Waals surface area contributed by atoms with E-state index in [1.54, 1.807) is 0 Å². The van der Waals surface area contributed by atoms with Crippen LogP contribution in [0.15, 0.2) is 0 Å². The van der Waals surface area contributed by atoms with Gasteiger partial charge >= 0.3 is 5.97 Å². The minimum absolute atomic E-state index is 0.142. The van der Waals surface area contributed by atoms with Gasteiger partial charge in [-0.3, -0.25) is 4.79 Å². The van der Waals surface area contributed by atoms with Gasteiger partial charge in [0.05, 0.1) is 7.11 Å². The van der Waals surface area contributed by atoms with Crippen LogP contribution in [0, 0.1) is 0 Å². The number of alkyl halides is 1. The molecule has 0 aromatic carbocycles. The van der Waals surface area contributed by atoms with Gasteiger partial charge in [0.25, 0.3) is 0 Å². The molecular weight excluding hydrogens is 194 g/mol. The molecule has 0 aliphatic rings. The molecular formula is C8H14ClNO3. The number of amides is 1. The van der Waals surface area contributed by atoms with Gasteiger partial charge < -0.3 is 10.1 Å². The average molecular weight is 208 g/mol. The minimum atomic E-state index is -0.568. The van der Waals surface area contributed by atoms with Gasteiger partial charge in [-0.1, -0.05) is 13.3 Å². The van der Waals surface area contributed by atoms with Gasteiger partial charge in [-0.05, 0) is 6.42 Å². The lowest BCUT2D eigenvalue weighted by atomic mass is 10.2. The van der Waals surface area contributed by atoms with Crippen molar-refractivity contribution in [2.75, 3.05) is 13.0 Å². The van der Waals surface area contributed by atoms with Crippen LogP contribution in [0.1, 0.15) is 19.8 Å². The second-order valence-corrected chi connectivity index (χ2v) is 2.83. The number of methoxy groups -OCH3 is 1. The van der Waals surface area contributed by atoms with Crippen LogP contribution in [0.25, 0.3) is 0 Å². The third-order valence-electron chi connectivity index (χ3n) is 1.52. The Bertz CT molecular complexity index is 184. The van der Waals surface area contributed by atoms with E-state index in [1.807, 2.05) is 6.92 Å². The monoisotopic (exact) mass is 207 g/mol. The first-order valence-electron chi connectivity index (χ1n) is 4.08. The molecule has 0 rings (SSSR count). The molecule has 0 radical (unpaired) electrons. The molecule has 0 unspecified atom stereocenters. The maximum Gasteiger partial charge on any atom is 0.328 e. The molecule has 0 aromatic heterocycles. The molecule has 13 heavy (non-hydrogen) atoms. The summed E-state index contributed by atoms with van der Waals surface area (Å²) in [7, 11) is 1.29. The lowest BCUT2D eigenvalue weighted by molar-refractivity contribution is -0.145. The second kappa shape index (κ2) is 6.71. The van der Waals surface area contributed by atoms with Crippen molar-refractivity contribution in [1.29, 1.82) is 0 Å². The summed E-state index contributed by atoms with van der Waals surface area (Å²) in [5, 5.41) is 2.47. The van der Waals surface area contributed by atoms with Crippen molar-refractivity contribution in [3.8, 4) is 0 Å². The Labute approximate surface area is 82.6 Å². The van der Waals surface area contributed by atoms with E-state index in [4.69, 9.17) is 11.6 Å². The highest BCUT2D eigenvalue weighted by Gasteiger charge is 2.19. The summed E-state index contributed by atoms with van der Waals surface area (Å²) in [4.78, 5) is 21.9. The summed E-state index contributed by atoms with van der Waals surface area (Å²) in [5.74, 6) is -0.928. The fourth-order valence-electron chi connectivity index (χ4n) is 0.913. The number of nitrogens with one attached hydrogen (secondary N) is 1. The Morgan fingerprint density at radius 1 is 1.54 bits per heavy atom. The fraction of sp³-hybridized carbons (Fsp3) is 0.750. The summed E-state index contributed by atoms with van der Waals surface area (Å²) < 4.78 is 4.51. The Kier molecular flexibility index (Phi) is 6.32. The van der Waals surface area contributed by atoms with Gasteiger partial charge in [0.1, 0.15) is 11.9 Å². The fourth-order valence-corrected chi connectivity index (χ4v) is 0.990. The first kappa shape index (κ1) is 12.2. The zero-order chi connectivity index (χ0) is 10.3. The topological polar surface area (TPSA) is 55.4 Å². The molecule has 0 saturated carbocycles. The largest absolute Gasteiger partial charge is 0.467 e. The summed E-state index contributed by atoms with van der Waals surface area (Å²) in [6, 6.07) is -0.568. The van der Waals surface area contributed by atoms with Gasteiger partial charge in [-0.2, -0.15) is 0 Å². The minimum Gasteiger partial charge on any atom is -0.467 e. The van der Waals surface area contributed by atoms with Crippen molar-refractivity contribution in [2.45, 2.75) is 25.8 Å². The van der Waals surface area contributed by atoms with E-state index in [-0.39, 0.29) is 11.8 Å². The van der Waals surface area contributed by atoms with Crippen molar-refractivity contribution < 1.29 is 14.3 Å². The maximum atomic E-state index is 11.1. The maximum absolute atomic E-state index is 11.1. The summed E-state index contributed by atoms with van der Waals surface area (Å²) in [5.41, 5.74) is 0. The van der Waals surface area contributed by atoms with Crippen LogP contribution in [0.5, 0.6) is 0 Å².